The molecule has 0 aliphatic carbocycles. The van der Waals surface area contributed by atoms with E-state index in [0.29, 0.717) is 0 Å². The molecule has 4 N–H and O–H groups in total. The highest BCUT2D eigenvalue weighted by molar-refractivity contribution is 6.31. The summed E-state index contributed by atoms with van der Waals surface area (Å²) in [4.78, 5) is 24.3. The van der Waals surface area contributed by atoms with Crippen LogP contribution < -0.4 is 11.5 Å². The third-order valence-electron chi connectivity index (χ3n) is 5.22. The molecular weight excluding hydrogens is 528 g/mol. The molecule has 0 aliphatic rings. The van der Waals surface area contributed by atoms with Gasteiger partial charge >= 0.3 is 6.18 Å². The molecule has 0 unspecified atom stereocenters. The molecule has 14 heteroatoms. The molecule has 0 saturated heterocycles. The van der Waals surface area contributed by atoms with Gasteiger partial charge in [0.1, 0.15) is 23.1 Å². The average Bonchev–Trinajstić information content (AvgIpc) is 3.13. The lowest BCUT2D eigenvalue weighted by Crippen LogP contribution is -2.14. The Bertz CT molecular complexity index is 1500. The number of carbonyl (C=O) groups excluding carboxylic acids is 2. The van der Waals surface area contributed by atoms with E-state index in [2.05, 4.69) is 15.8 Å². The highest BCUT2D eigenvalue weighted by atomic mass is 35.5. The van der Waals surface area contributed by atoms with Crippen molar-refractivity contribution >= 4 is 34.8 Å². The Morgan fingerprint density at radius 1 is 1.11 bits per heavy atom. The van der Waals surface area contributed by atoms with Crippen LogP contribution in [0.2, 0.25) is 5.02 Å². The summed E-state index contributed by atoms with van der Waals surface area (Å²) in [6.07, 6.45) is -4.74. The van der Waals surface area contributed by atoms with Gasteiger partial charge in [-0.1, -0.05) is 17.7 Å². The first kappa shape index (κ1) is 27.5. The van der Waals surface area contributed by atoms with Gasteiger partial charge < -0.3 is 11.5 Å². The number of pyridine rings is 1. The molecule has 0 atom stereocenters. The second-order valence-corrected chi connectivity index (χ2v) is 7.91. The van der Waals surface area contributed by atoms with E-state index in [0.717, 1.165) is 41.1 Å². The highest BCUT2D eigenvalue weighted by Gasteiger charge is 2.39. The zero-order valence-corrected chi connectivity index (χ0v) is 19.5. The molecule has 0 radical (unpaired) electrons. The Morgan fingerprint density at radius 3 is 2.24 bits per heavy atom. The molecule has 7 nitrogen and oxygen atoms in total. The first-order valence-electron chi connectivity index (χ1n) is 10.1. The fourth-order valence-electron chi connectivity index (χ4n) is 3.61. The van der Waals surface area contributed by atoms with Crippen LogP contribution in [-0.2, 0) is 17.5 Å². The Balaban J connectivity index is 0.00000121. The highest BCUT2D eigenvalue weighted by Crippen LogP contribution is 2.42. The number of rotatable bonds is 4. The van der Waals surface area contributed by atoms with E-state index in [9.17, 15) is 31.1 Å². The summed E-state index contributed by atoms with van der Waals surface area (Å²) >= 11 is 5.85. The monoisotopic (exact) mass is 543 g/mol. The predicted octanol–water partition coefficient (Wildman–Crippen LogP) is 4.74. The van der Waals surface area contributed by atoms with Crippen molar-refractivity contribution in [2.45, 2.75) is 19.6 Å². The number of aromatic nitrogens is 3. The van der Waals surface area contributed by atoms with Crippen LogP contribution in [0.25, 0.3) is 22.0 Å². The van der Waals surface area contributed by atoms with Crippen molar-refractivity contribution < 1.29 is 35.9 Å². The van der Waals surface area contributed by atoms with Gasteiger partial charge in [-0.25, -0.2) is 18.2 Å². The molecular formula is C23H16ClF6N5O2. The van der Waals surface area contributed by atoms with E-state index < -0.39 is 63.6 Å². The lowest BCUT2D eigenvalue weighted by molar-refractivity contribution is -0.141. The van der Waals surface area contributed by atoms with Gasteiger partial charge in [0.05, 0.1) is 17.1 Å². The smallest absolute Gasteiger partial charge is 0.372 e. The molecule has 0 saturated carbocycles. The molecule has 0 fully saturated rings. The van der Waals surface area contributed by atoms with Crippen molar-refractivity contribution in [2.24, 2.45) is 11.5 Å². The number of amides is 2. The topological polar surface area (TPSA) is 117 Å². The molecule has 4 aromatic rings. The van der Waals surface area contributed by atoms with Gasteiger partial charge in [-0.15, -0.1) is 0 Å². The molecule has 2 aromatic carbocycles. The minimum atomic E-state index is -4.99. The van der Waals surface area contributed by atoms with E-state index >= 15 is 0 Å². The maximum atomic E-state index is 14.2. The molecule has 0 aliphatic heterocycles. The Hall–Kier alpha value is -4.13. The third kappa shape index (κ3) is 5.50. The summed E-state index contributed by atoms with van der Waals surface area (Å²) in [5.74, 6) is -3.89. The van der Waals surface area contributed by atoms with Gasteiger partial charge in [0.15, 0.2) is 5.69 Å². The number of fused-ring (bicyclic) bond motifs is 1. The first-order valence-corrected chi connectivity index (χ1v) is 10.5. The number of alkyl halides is 3. The van der Waals surface area contributed by atoms with Crippen LogP contribution in [0.3, 0.4) is 0 Å². The first-order chi connectivity index (χ1) is 17.3. The van der Waals surface area contributed by atoms with Crippen LogP contribution in [0, 0.1) is 24.4 Å². The molecule has 0 bridgehead atoms. The molecule has 2 amide bonds. The van der Waals surface area contributed by atoms with E-state index in [4.69, 9.17) is 22.1 Å². The number of hydrogen-bond acceptors (Lipinski definition) is 4. The summed E-state index contributed by atoms with van der Waals surface area (Å²) in [6, 6.07) is 5.98. The van der Waals surface area contributed by atoms with Gasteiger partial charge in [0.2, 0.25) is 6.41 Å². The SMILES string of the molecule is Cc1c(-c2cc(C(N)=O)nc3cc(F)c(Cl)cc23)c(C(F)(F)F)nn1Cc1c(F)cccc1F.NC=O. The Labute approximate surface area is 209 Å². The largest absolute Gasteiger partial charge is 0.435 e. The van der Waals surface area contributed by atoms with Crippen LogP contribution in [0.15, 0.2) is 36.4 Å². The fraction of sp³-hybridized carbons (Fsp3) is 0.130. The summed E-state index contributed by atoms with van der Waals surface area (Å²) in [5, 5.41) is 3.16. The van der Waals surface area contributed by atoms with Crippen LogP contribution in [-0.4, -0.2) is 27.1 Å². The lowest BCUT2D eigenvalue weighted by Gasteiger charge is -2.12. The van der Waals surface area contributed by atoms with Gasteiger partial charge in [0, 0.05) is 28.3 Å². The van der Waals surface area contributed by atoms with Crippen molar-refractivity contribution in [1.29, 1.82) is 0 Å². The number of nitrogens with two attached hydrogens (primary N) is 2. The zero-order valence-electron chi connectivity index (χ0n) is 18.7. The van der Waals surface area contributed by atoms with E-state index in [1.54, 1.807) is 0 Å². The number of benzene rings is 2. The second kappa shape index (κ2) is 10.5. The molecule has 0 spiro atoms. The number of nitrogens with zero attached hydrogens (tertiary/aromatic N) is 3. The minimum absolute atomic E-state index is 0.0124. The average molecular weight is 544 g/mol. The molecule has 194 valence electrons. The fourth-order valence-corrected chi connectivity index (χ4v) is 3.77. The van der Waals surface area contributed by atoms with Gasteiger partial charge in [0.25, 0.3) is 5.91 Å². The minimum Gasteiger partial charge on any atom is -0.372 e. The van der Waals surface area contributed by atoms with Gasteiger partial charge in [-0.3, -0.25) is 14.3 Å². The van der Waals surface area contributed by atoms with E-state index in [-0.39, 0.29) is 28.6 Å². The number of carbonyl (C=O) groups is 2. The summed E-state index contributed by atoms with van der Waals surface area (Å²) in [5.41, 5.74) is 6.14. The van der Waals surface area contributed by atoms with E-state index in [1.807, 2.05) is 0 Å². The van der Waals surface area contributed by atoms with Crippen LogP contribution >= 0.6 is 11.6 Å². The summed E-state index contributed by atoms with van der Waals surface area (Å²) in [6.45, 7) is 0.617. The van der Waals surface area contributed by atoms with Crippen LogP contribution in [0.1, 0.15) is 27.4 Å². The standard InChI is InChI=1S/C22H13ClF6N4O.CH3NO/c1-9-19(11-6-18(21(30)34)31-17-7-16(26)13(23)5-10(11)17)20(22(27,28)29)32-33(9)8-12-14(24)3-2-4-15(12)25;2-1-3/h2-7H,8H2,1H3,(H2,30,34);1H,(H2,2,3). The van der Waals surface area contributed by atoms with Crippen LogP contribution in [0.5, 0.6) is 0 Å². The van der Waals surface area contributed by atoms with Crippen molar-refractivity contribution in [3.8, 4) is 11.1 Å². The molecule has 2 aromatic heterocycles. The Morgan fingerprint density at radius 2 is 1.70 bits per heavy atom. The van der Waals surface area contributed by atoms with Crippen molar-refractivity contribution in [3.63, 3.8) is 0 Å². The zero-order chi connectivity index (χ0) is 27.7. The molecule has 2 heterocycles. The van der Waals surface area contributed by atoms with E-state index in [1.165, 1.54) is 6.92 Å². The second-order valence-electron chi connectivity index (χ2n) is 7.50. The lowest BCUT2D eigenvalue weighted by atomic mass is 9.97. The normalized spacial score (nSPS) is 11.2. The maximum Gasteiger partial charge on any atom is 0.435 e. The summed E-state index contributed by atoms with van der Waals surface area (Å²) in [7, 11) is 0. The third-order valence-corrected chi connectivity index (χ3v) is 5.51. The Kier molecular flexibility index (Phi) is 7.77. The quantitative estimate of drug-likeness (QED) is 0.285. The van der Waals surface area contributed by atoms with Crippen molar-refractivity contribution in [2.75, 3.05) is 0 Å². The maximum absolute atomic E-state index is 14.2. The number of halogens is 7. The van der Waals surface area contributed by atoms with Gasteiger partial charge in [-0.05, 0) is 36.8 Å². The molecule has 37 heavy (non-hydrogen) atoms. The number of primary amides is 2. The van der Waals surface area contributed by atoms with Crippen molar-refractivity contribution in [1.82, 2.24) is 14.8 Å². The number of hydrogen-bond donors (Lipinski definition) is 2. The van der Waals surface area contributed by atoms with Crippen molar-refractivity contribution in [3.05, 3.63) is 81.5 Å². The van der Waals surface area contributed by atoms with Gasteiger partial charge in [-0.2, -0.15) is 18.3 Å². The summed E-state index contributed by atoms with van der Waals surface area (Å²) < 4.78 is 85.2. The predicted molar refractivity (Wildman–Crippen MR) is 122 cm³/mol. The van der Waals surface area contributed by atoms with Crippen LogP contribution in [0.4, 0.5) is 26.3 Å². The molecule has 4 rings (SSSR count).